The van der Waals surface area contributed by atoms with E-state index in [0.717, 1.165) is 5.56 Å². The molecule has 0 unspecified atom stereocenters. The molecule has 4 rings (SSSR count). The summed E-state index contributed by atoms with van der Waals surface area (Å²) in [6, 6.07) is 21.8. The number of rotatable bonds is 9. The number of benzene rings is 3. The normalized spacial score (nSPS) is 23.5. The standard InChI is InChI=1S/C27H26O9S/c1-18-12-14-21(15-13-18)37(32,33)35-16-22-25(29)27(31,24(28)19-8-4-2-5-9-19)23(36-22)17-34-26(30)20-10-6-3-7-11-20/h2-15,22-23,25,29,31H,16-17H2,1H3/t22-,23+,25+,27-/m0/s1. The number of ether oxygens (including phenoxy) is 2. The van der Waals surface area contributed by atoms with Crippen molar-refractivity contribution in [1.29, 1.82) is 0 Å². The monoisotopic (exact) mass is 526 g/mol. The lowest BCUT2D eigenvalue weighted by atomic mass is 9.83. The minimum absolute atomic E-state index is 0.0841. The Balaban J connectivity index is 1.55. The number of esters is 1. The van der Waals surface area contributed by atoms with E-state index < -0.39 is 59.0 Å². The van der Waals surface area contributed by atoms with Gasteiger partial charge in [0.05, 0.1) is 17.1 Å². The van der Waals surface area contributed by atoms with E-state index in [1.54, 1.807) is 55.5 Å². The summed E-state index contributed by atoms with van der Waals surface area (Å²) >= 11 is 0. The van der Waals surface area contributed by atoms with Crippen LogP contribution in [-0.4, -0.2) is 67.5 Å². The Hall–Kier alpha value is -3.41. The highest BCUT2D eigenvalue weighted by Gasteiger charge is 2.60. The Bertz CT molecular complexity index is 1340. The molecule has 9 nitrogen and oxygen atoms in total. The van der Waals surface area contributed by atoms with Gasteiger partial charge < -0.3 is 19.7 Å². The molecule has 1 aliphatic rings. The van der Waals surface area contributed by atoms with Crippen molar-refractivity contribution in [2.75, 3.05) is 13.2 Å². The molecule has 0 amide bonds. The van der Waals surface area contributed by atoms with Gasteiger partial charge in [-0.2, -0.15) is 8.42 Å². The van der Waals surface area contributed by atoms with E-state index in [0.29, 0.717) is 0 Å². The number of ketones is 1. The zero-order chi connectivity index (χ0) is 26.6. The summed E-state index contributed by atoms with van der Waals surface area (Å²) in [6.07, 6.45) is -4.80. The van der Waals surface area contributed by atoms with Crippen LogP contribution in [0.3, 0.4) is 0 Å². The molecule has 0 bridgehead atoms. The average Bonchev–Trinajstić information content (AvgIpc) is 3.16. The van der Waals surface area contributed by atoms with Gasteiger partial charge in [-0.25, -0.2) is 4.79 Å². The second-order valence-electron chi connectivity index (χ2n) is 8.64. The van der Waals surface area contributed by atoms with Gasteiger partial charge in [0.2, 0.25) is 0 Å². The summed E-state index contributed by atoms with van der Waals surface area (Å²) in [5.74, 6) is -1.60. The first-order chi connectivity index (χ1) is 17.6. The third kappa shape index (κ3) is 5.63. The molecule has 0 radical (unpaired) electrons. The number of carbonyl (C=O) groups is 2. The molecule has 37 heavy (non-hydrogen) atoms. The SMILES string of the molecule is Cc1ccc(S(=O)(=O)OC[C@@H]2O[C@H](COC(=O)c3ccccc3)[C@](O)(C(=O)c3ccccc3)[C@@H]2O)cc1. The van der Waals surface area contributed by atoms with Gasteiger partial charge in [-0.3, -0.25) is 8.98 Å². The predicted octanol–water partition coefficient (Wildman–Crippen LogP) is 2.30. The summed E-state index contributed by atoms with van der Waals surface area (Å²) < 4.78 is 41.3. The number of carbonyl (C=O) groups excluding carboxylic acids is 2. The van der Waals surface area contributed by atoms with Crippen molar-refractivity contribution in [2.24, 2.45) is 0 Å². The molecule has 1 heterocycles. The molecule has 3 aromatic rings. The fourth-order valence-electron chi connectivity index (χ4n) is 4.00. The van der Waals surface area contributed by atoms with Gasteiger partial charge in [0.15, 0.2) is 11.4 Å². The van der Waals surface area contributed by atoms with E-state index in [9.17, 15) is 28.2 Å². The first-order valence-corrected chi connectivity index (χ1v) is 12.9. The molecule has 10 heteroatoms. The highest BCUT2D eigenvalue weighted by atomic mass is 32.2. The third-order valence-corrected chi connectivity index (χ3v) is 7.40. The van der Waals surface area contributed by atoms with E-state index in [-0.39, 0.29) is 16.0 Å². The van der Waals surface area contributed by atoms with Crippen LogP contribution < -0.4 is 0 Å². The number of aliphatic hydroxyl groups is 2. The van der Waals surface area contributed by atoms with Gasteiger partial charge >= 0.3 is 5.97 Å². The minimum Gasteiger partial charge on any atom is -0.459 e. The lowest BCUT2D eigenvalue weighted by Crippen LogP contribution is -2.56. The summed E-state index contributed by atoms with van der Waals surface area (Å²) in [7, 11) is -4.22. The summed E-state index contributed by atoms with van der Waals surface area (Å²) in [6.45, 7) is 0.529. The van der Waals surface area contributed by atoms with Crippen molar-refractivity contribution in [3.05, 3.63) is 102 Å². The smallest absolute Gasteiger partial charge is 0.338 e. The van der Waals surface area contributed by atoms with E-state index in [4.69, 9.17) is 13.7 Å². The number of aryl methyl sites for hydroxylation is 1. The van der Waals surface area contributed by atoms with Gasteiger partial charge in [0.25, 0.3) is 10.1 Å². The maximum atomic E-state index is 13.3. The molecule has 3 aromatic carbocycles. The van der Waals surface area contributed by atoms with Crippen LogP contribution in [0.15, 0.2) is 89.8 Å². The Labute approximate surface area is 214 Å². The van der Waals surface area contributed by atoms with Crippen LogP contribution in [0.4, 0.5) is 0 Å². The van der Waals surface area contributed by atoms with Crippen molar-refractivity contribution in [3.8, 4) is 0 Å². The molecule has 194 valence electrons. The lowest BCUT2D eigenvalue weighted by Gasteiger charge is -2.29. The van der Waals surface area contributed by atoms with Crippen molar-refractivity contribution < 1.29 is 41.9 Å². The zero-order valence-corrected chi connectivity index (χ0v) is 20.7. The number of hydrogen-bond acceptors (Lipinski definition) is 9. The number of Topliss-reactive ketones (excluding diaryl/α,β-unsaturated/α-hetero) is 1. The Morgan fingerprint density at radius 2 is 1.46 bits per heavy atom. The second-order valence-corrected chi connectivity index (χ2v) is 10.3. The fourth-order valence-corrected chi connectivity index (χ4v) is 4.92. The van der Waals surface area contributed by atoms with Crippen LogP contribution in [-0.2, 0) is 23.8 Å². The predicted molar refractivity (Wildman–Crippen MR) is 131 cm³/mol. The van der Waals surface area contributed by atoms with Gasteiger partial charge in [0, 0.05) is 5.56 Å². The topological polar surface area (TPSA) is 136 Å². The van der Waals surface area contributed by atoms with Crippen LogP contribution in [0.5, 0.6) is 0 Å². The fraction of sp³-hybridized carbons (Fsp3) is 0.259. The molecule has 1 fully saturated rings. The molecule has 1 saturated heterocycles. The largest absolute Gasteiger partial charge is 0.459 e. The van der Waals surface area contributed by atoms with Gasteiger partial charge in [-0.15, -0.1) is 0 Å². The average molecular weight is 527 g/mol. The van der Waals surface area contributed by atoms with Gasteiger partial charge in [-0.05, 0) is 31.2 Å². The van der Waals surface area contributed by atoms with Crippen LogP contribution in [0, 0.1) is 6.92 Å². The van der Waals surface area contributed by atoms with E-state index >= 15 is 0 Å². The zero-order valence-electron chi connectivity index (χ0n) is 19.9. The van der Waals surface area contributed by atoms with Crippen molar-refractivity contribution >= 4 is 21.9 Å². The van der Waals surface area contributed by atoms with Crippen LogP contribution in [0.1, 0.15) is 26.3 Å². The summed E-state index contributed by atoms with van der Waals surface area (Å²) in [5, 5.41) is 22.4. The van der Waals surface area contributed by atoms with E-state index in [2.05, 4.69) is 0 Å². The maximum Gasteiger partial charge on any atom is 0.338 e. The van der Waals surface area contributed by atoms with Gasteiger partial charge in [-0.1, -0.05) is 66.2 Å². The first-order valence-electron chi connectivity index (χ1n) is 11.5. The molecular formula is C27H26O9S. The van der Waals surface area contributed by atoms with Crippen LogP contribution >= 0.6 is 0 Å². The highest BCUT2D eigenvalue weighted by molar-refractivity contribution is 7.86. The molecule has 0 spiro atoms. The van der Waals surface area contributed by atoms with Crippen molar-refractivity contribution in [2.45, 2.75) is 35.7 Å². The molecule has 4 atom stereocenters. The second kappa shape index (κ2) is 10.9. The van der Waals surface area contributed by atoms with Gasteiger partial charge in [0.1, 0.15) is 24.9 Å². The molecule has 2 N–H and O–H groups in total. The quantitative estimate of drug-likeness (QED) is 0.244. The minimum atomic E-state index is -4.22. The van der Waals surface area contributed by atoms with E-state index in [1.165, 1.54) is 36.4 Å². The first kappa shape index (κ1) is 26.6. The van der Waals surface area contributed by atoms with Crippen molar-refractivity contribution in [3.63, 3.8) is 0 Å². The van der Waals surface area contributed by atoms with E-state index in [1.807, 2.05) is 0 Å². The number of aliphatic hydroxyl groups excluding tert-OH is 1. The van der Waals surface area contributed by atoms with Crippen LogP contribution in [0.2, 0.25) is 0 Å². The number of hydrogen-bond donors (Lipinski definition) is 2. The lowest BCUT2D eigenvalue weighted by molar-refractivity contribution is -0.0722. The summed E-state index contributed by atoms with van der Waals surface area (Å²) in [5.41, 5.74) is -1.37. The summed E-state index contributed by atoms with van der Waals surface area (Å²) in [4.78, 5) is 25.7. The van der Waals surface area contributed by atoms with Crippen molar-refractivity contribution in [1.82, 2.24) is 0 Å². The molecular weight excluding hydrogens is 500 g/mol. The Morgan fingerprint density at radius 3 is 2.05 bits per heavy atom. The molecule has 0 aromatic heterocycles. The molecule has 0 saturated carbocycles. The third-order valence-electron chi connectivity index (χ3n) is 6.11. The maximum absolute atomic E-state index is 13.3. The Morgan fingerprint density at radius 1 is 0.892 bits per heavy atom. The van der Waals surface area contributed by atoms with Crippen LogP contribution in [0.25, 0.3) is 0 Å². The highest BCUT2D eigenvalue weighted by Crippen LogP contribution is 2.35. The Kier molecular flexibility index (Phi) is 7.86. The molecule has 1 aliphatic heterocycles. The molecule has 0 aliphatic carbocycles.